The minimum atomic E-state index is -0.246. The van der Waals surface area contributed by atoms with E-state index in [4.69, 9.17) is 10.2 Å². The lowest BCUT2D eigenvalue weighted by atomic mass is 9.86. The van der Waals surface area contributed by atoms with Crippen molar-refractivity contribution in [2.45, 2.75) is 25.0 Å². The number of nitrogens with one attached hydrogen (secondary N) is 1. The molecule has 2 atom stereocenters. The maximum Gasteiger partial charge on any atom is 0.141 e. The van der Waals surface area contributed by atoms with Gasteiger partial charge >= 0.3 is 0 Å². The van der Waals surface area contributed by atoms with Gasteiger partial charge in [0.2, 0.25) is 0 Å². The number of hydrogen-bond donors (Lipinski definition) is 1. The van der Waals surface area contributed by atoms with Gasteiger partial charge in [0, 0.05) is 60.6 Å². The van der Waals surface area contributed by atoms with Crippen molar-refractivity contribution in [3.63, 3.8) is 0 Å². The van der Waals surface area contributed by atoms with Crippen LogP contribution in [0.4, 0.5) is 10.2 Å². The molecule has 0 saturated carbocycles. The lowest BCUT2D eigenvalue weighted by Gasteiger charge is -2.56. The Morgan fingerprint density at radius 2 is 1.97 bits per heavy atom. The SMILES string of the molecule is N#Cc1ccc(F)c(CN2C3CC2CN(c2ccc(-c4ncnc5[nH]ccc45)cn2)C3)c1. The minimum absolute atomic E-state index is 0.246. The molecule has 0 amide bonds. The van der Waals surface area contributed by atoms with Crippen LogP contribution in [0.25, 0.3) is 22.3 Å². The summed E-state index contributed by atoms with van der Waals surface area (Å²) >= 11 is 0. The van der Waals surface area contributed by atoms with Crippen LogP contribution < -0.4 is 4.90 Å². The molecule has 2 unspecified atom stereocenters. The number of hydrogen-bond acceptors (Lipinski definition) is 6. The molecule has 32 heavy (non-hydrogen) atoms. The fourth-order valence-electron chi connectivity index (χ4n) is 4.91. The molecule has 8 heteroatoms. The van der Waals surface area contributed by atoms with Crippen LogP contribution in [0.1, 0.15) is 17.5 Å². The van der Waals surface area contributed by atoms with Crippen LogP contribution in [0, 0.1) is 17.1 Å². The predicted molar refractivity (Wildman–Crippen MR) is 118 cm³/mol. The molecule has 3 saturated heterocycles. The summed E-state index contributed by atoms with van der Waals surface area (Å²) in [5.41, 5.74) is 3.73. The average molecular weight is 425 g/mol. The molecular formula is C24H20FN7. The Bertz CT molecular complexity index is 1330. The third kappa shape index (κ3) is 3.10. The molecule has 6 heterocycles. The van der Waals surface area contributed by atoms with Crippen molar-refractivity contribution in [1.29, 1.82) is 5.26 Å². The number of H-pyrrole nitrogens is 1. The van der Waals surface area contributed by atoms with Crippen LogP contribution in [0.15, 0.2) is 55.1 Å². The Morgan fingerprint density at radius 1 is 1.09 bits per heavy atom. The first-order chi connectivity index (χ1) is 15.7. The number of pyridine rings is 1. The zero-order valence-electron chi connectivity index (χ0n) is 17.2. The number of benzene rings is 1. The quantitative estimate of drug-likeness (QED) is 0.539. The van der Waals surface area contributed by atoms with Crippen LogP contribution in [0.2, 0.25) is 0 Å². The van der Waals surface area contributed by atoms with Crippen molar-refractivity contribution < 1.29 is 4.39 Å². The number of aromatic amines is 1. The van der Waals surface area contributed by atoms with Crippen molar-refractivity contribution in [1.82, 2.24) is 24.8 Å². The van der Waals surface area contributed by atoms with Crippen LogP contribution in [-0.2, 0) is 6.54 Å². The van der Waals surface area contributed by atoms with Gasteiger partial charge in [-0.3, -0.25) is 4.90 Å². The molecule has 4 aromatic rings. The van der Waals surface area contributed by atoms with Crippen LogP contribution in [0.5, 0.6) is 0 Å². The second-order valence-corrected chi connectivity index (χ2v) is 8.41. The molecule has 3 aliphatic rings. The van der Waals surface area contributed by atoms with Gasteiger partial charge < -0.3 is 9.88 Å². The summed E-state index contributed by atoms with van der Waals surface area (Å²) in [7, 11) is 0. The minimum Gasteiger partial charge on any atom is -0.353 e. The van der Waals surface area contributed by atoms with Crippen LogP contribution >= 0.6 is 0 Å². The molecule has 158 valence electrons. The van der Waals surface area contributed by atoms with Gasteiger partial charge in [-0.15, -0.1) is 0 Å². The molecule has 0 aliphatic carbocycles. The lowest BCUT2D eigenvalue weighted by Crippen LogP contribution is -2.68. The van der Waals surface area contributed by atoms with E-state index in [9.17, 15) is 4.39 Å². The van der Waals surface area contributed by atoms with Gasteiger partial charge in [-0.2, -0.15) is 5.26 Å². The number of anilines is 1. The predicted octanol–water partition coefficient (Wildman–Crippen LogP) is 3.49. The zero-order chi connectivity index (χ0) is 21.7. The lowest BCUT2D eigenvalue weighted by molar-refractivity contribution is -0.00946. The third-order valence-electron chi connectivity index (χ3n) is 6.57. The molecular weight excluding hydrogens is 405 g/mol. The van der Waals surface area contributed by atoms with E-state index in [1.165, 1.54) is 12.1 Å². The summed E-state index contributed by atoms with van der Waals surface area (Å²) in [6.07, 6.45) is 6.40. The molecule has 7 rings (SSSR count). The molecule has 1 N–H and O–H groups in total. The first kappa shape index (κ1) is 18.9. The number of halogens is 1. The summed E-state index contributed by atoms with van der Waals surface area (Å²) in [6, 6.07) is 13.5. The normalized spacial score (nSPS) is 20.2. The topological polar surface area (TPSA) is 84.7 Å². The Labute approximate surface area is 184 Å². The molecule has 3 fully saturated rings. The summed E-state index contributed by atoms with van der Waals surface area (Å²) in [4.78, 5) is 21.1. The average Bonchev–Trinajstić information content (AvgIpc) is 3.33. The Hall–Kier alpha value is -3.83. The van der Waals surface area contributed by atoms with Gasteiger partial charge in [-0.1, -0.05) is 0 Å². The van der Waals surface area contributed by atoms with Crippen LogP contribution in [-0.4, -0.2) is 50.0 Å². The van der Waals surface area contributed by atoms with Crippen molar-refractivity contribution in [3.05, 3.63) is 72.1 Å². The highest BCUT2D eigenvalue weighted by molar-refractivity contribution is 5.90. The van der Waals surface area contributed by atoms with E-state index in [-0.39, 0.29) is 5.82 Å². The summed E-state index contributed by atoms with van der Waals surface area (Å²) < 4.78 is 14.2. The molecule has 0 radical (unpaired) electrons. The standard InChI is InChI=1S/C24H20FN7/c25-21-3-1-15(9-26)7-17(21)11-32-18-8-19(32)13-31(12-18)22-4-2-16(10-28-22)23-20-5-6-27-24(20)30-14-29-23/h1-7,10,14,18-19H,8,11-13H2,(H,27,29,30). The molecule has 3 aliphatic heterocycles. The van der Waals surface area contributed by atoms with Gasteiger partial charge in [-0.25, -0.2) is 19.3 Å². The van der Waals surface area contributed by atoms with Gasteiger partial charge in [-0.05, 0) is 42.8 Å². The number of piperazine rings is 1. The second kappa shape index (κ2) is 7.39. The van der Waals surface area contributed by atoms with E-state index in [1.807, 2.05) is 24.5 Å². The van der Waals surface area contributed by atoms with E-state index in [2.05, 4.69) is 36.9 Å². The highest BCUT2D eigenvalue weighted by Crippen LogP contribution is 2.36. The van der Waals surface area contributed by atoms with E-state index < -0.39 is 0 Å². The first-order valence-corrected chi connectivity index (χ1v) is 10.6. The second-order valence-electron chi connectivity index (χ2n) is 8.41. The number of rotatable bonds is 4. The summed E-state index contributed by atoms with van der Waals surface area (Å²) in [5.74, 6) is 0.699. The number of nitrogens with zero attached hydrogens (tertiary/aromatic N) is 6. The van der Waals surface area contributed by atoms with Crippen molar-refractivity contribution in [2.75, 3.05) is 18.0 Å². The maximum atomic E-state index is 14.2. The van der Waals surface area contributed by atoms with Gasteiger partial charge in [0.25, 0.3) is 0 Å². The van der Waals surface area contributed by atoms with Gasteiger partial charge in [0.1, 0.15) is 23.6 Å². The van der Waals surface area contributed by atoms with Crippen LogP contribution in [0.3, 0.4) is 0 Å². The molecule has 1 aromatic carbocycles. The molecule has 7 nitrogen and oxygen atoms in total. The molecule has 0 spiro atoms. The highest BCUT2D eigenvalue weighted by atomic mass is 19.1. The third-order valence-corrected chi connectivity index (χ3v) is 6.57. The number of nitriles is 1. The molecule has 3 aromatic heterocycles. The van der Waals surface area contributed by atoms with E-state index in [0.717, 1.165) is 47.6 Å². The first-order valence-electron chi connectivity index (χ1n) is 10.6. The fourth-order valence-corrected chi connectivity index (χ4v) is 4.91. The molecule has 2 bridgehead atoms. The number of fused-ring (bicyclic) bond motifs is 3. The van der Waals surface area contributed by atoms with E-state index in [1.54, 1.807) is 12.4 Å². The van der Waals surface area contributed by atoms with Crippen molar-refractivity contribution in [2.24, 2.45) is 0 Å². The van der Waals surface area contributed by atoms with Crippen molar-refractivity contribution in [3.8, 4) is 17.3 Å². The van der Waals surface area contributed by atoms with Gasteiger partial charge in [0.15, 0.2) is 0 Å². The summed E-state index contributed by atoms with van der Waals surface area (Å²) in [6.45, 7) is 2.26. The fraction of sp³-hybridized carbons (Fsp3) is 0.250. The van der Waals surface area contributed by atoms with Gasteiger partial charge in [0.05, 0.1) is 17.3 Å². The maximum absolute atomic E-state index is 14.2. The Balaban J connectivity index is 1.17. The smallest absolute Gasteiger partial charge is 0.141 e. The Morgan fingerprint density at radius 3 is 2.75 bits per heavy atom. The largest absolute Gasteiger partial charge is 0.353 e. The summed E-state index contributed by atoms with van der Waals surface area (Å²) in [5, 5.41) is 10.1. The van der Waals surface area contributed by atoms with E-state index >= 15 is 0 Å². The highest BCUT2D eigenvalue weighted by Gasteiger charge is 2.44. The Kier molecular flexibility index (Phi) is 4.37. The number of aromatic nitrogens is 4. The zero-order valence-corrected chi connectivity index (χ0v) is 17.2. The van der Waals surface area contributed by atoms with Crippen molar-refractivity contribution >= 4 is 16.9 Å². The van der Waals surface area contributed by atoms with E-state index in [0.29, 0.717) is 29.8 Å². The monoisotopic (exact) mass is 425 g/mol. The number of piperidine rings is 1.